The van der Waals surface area contributed by atoms with Gasteiger partial charge in [0, 0.05) is 8.95 Å². The molecule has 0 fully saturated rings. The molecule has 10 heteroatoms. The minimum atomic E-state index is -3.98. The first-order chi connectivity index (χ1) is 11.2. The fraction of sp³-hybridized carbons (Fsp3) is 0.143. The second-order valence-electron chi connectivity index (χ2n) is 4.47. The summed E-state index contributed by atoms with van der Waals surface area (Å²) in [6.45, 7) is -0.857. The van der Waals surface area contributed by atoms with E-state index in [4.69, 9.17) is 8.37 Å². The predicted molar refractivity (Wildman–Crippen MR) is 94.6 cm³/mol. The van der Waals surface area contributed by atoms with Gasteiger partial charge in [-0.3, -0.25) is 8.37 Å². The molecule has 0 bridgehead atoms. The van der Waals surface area contributed by atoms with Crippen molar-refractivity contribution in [2.75, 3.05) is 13.2 Å². The van der Waals surface area contributed by atoms with Crippen LogP contribution in [0.25, 0.3) is 0 Å². The molecule has 0 aromatic heterocycles. The van der Waals surface area contributed by atoms with Gasteiger partial charge in [-0.25, -0.2) is 0 Å². The summed E-state index contributed by atoms with van der Waals surface area (Å²) in [6, 6.07) is 12.0. The molecule has 0 aliphatic carbocycles. The lowest BCUT2D eigenvalue weighted by Crippen LogP contribution is -2.15. The molecule has 2 rings (SSSR count). The first-order valence-corrected chi connectivity index (χ1v) is 10.9. The van der Waals surface area contributed by atoms with Crippen molar-refractivity contribution in [1.82, 2.24) is 0 Å². The molecular formula is C14H12Br2O6S2. The third kappa shape index (κ3) is 5.36. The maximum Gasteiger partial charge on any atom is 0.297 e. The summed E-state index contributed by atoms with van der Waals surface area (Å²) < 4.78 is 58.6. The molecular weight excluding hydrogens is 488 g/mol. The van der Waals surface area contributed by atoms with Gasteiger partial charge in [0.1, 0.15) is 0 Å². The molecule has 6 nitrogen and oxygen atoms in total. The van der Waals surface area contributed by atoms with E-state index in [1.54, 1.807) is 24.3 Å². The van der Waals surface area contributed by atoms with E-state index >= 15 is 0 Å². The first-order valence-electron chi connectivity index (χ1n) is 6.51. The molecule has 24 heavy (non-hydrogen) atoms. The van der Waals surface area contributed by atoms with Crippen molar-refractivity contribution in [3.8, 4) is 0 Å². The second kappa shape index (κ2) is 8.07. The Balaban J connectivity index is 1.95. The van der Waals surface area contributed by atoms with E-state index in [2.05, 4.69) is 31.9 Å². The van der Waals surface area contributed by atoms with Crippen LogP contribution >= 0.6 is 31.9 Å². The van der Waals surface area contributed by atoms with E-state index in [0.717, 1.165) is 0 Å². The molecule has 0 heterocycles. The maximum atomic E-state index is 12.0. The van der Waals surface area contributed by atoms with Crippen molar-refractivity contribution in [3.05, 3.63) is 57.5 Å². The summed E-state index contributed by atoms with van der Waals surface area (Å²) in [7, 11) is -7.97. The molecule has 0 saturated heterocycles. The summed E-state index contributed by atoms with van der Waals surface area (Å²) in [5.41, 5.74) is 0. The van der Waals surface area contributed by atoms with Gasteiger partial charge in [0.05, 0.1) is 23.0 Å². The van der Waals surface area contributed by atoms with Crippen LogP contribution in [0.5, 0.6) is 0 Å². The van der Waals surface area contributed by atoms with Gasteiger partial charge in [-0.2, -0.15) is 16.8 Å². The molecule has 0 atom stereocenters. The Kier molecular flexibility index (Phi) is 6.57. The lowest BCUT2D eigenvalue weighted by Gasteiger charge is -2.08. The highest BCUT2D eigenvalue weighted by molar-refractivity contribution is 9.10. The predicted octanol–water partition coefficient (Wildman–Crippen LogP) is 3.32. The average Bonchev–Trinajstić information content (AvgIpc) is 2.52. The average molecular weight is 500 g/mol. The Labute approximate surface area is 157 Å². The van der Waals surface area contributed by atoms with Crippen molar-refractivity contribution in [3.63, 3.8) is 0 Å². The topological polar surface area (TPSA) is 86.7 Å². The lowest BCUT2D eigenvalue weighted by molar-refractivity contribution is 0.224. The minimum Gasteiger partial charge on any atom is -0.264 e. The molecule has 2 aromatic carbocycles. The van der Waals surface area contributed by atoms with Crippen LogP contribution in [0.4, 0.5) is 0 Å². The van der Waals surface area contributed by atoms with Crippen molar-refractivity contribution in [1.29, 1.82) is 0 Å². The summed E-state index contributed by atoms with van der Waals surface area (Å²) in [4.78, 5) is -0.0709. The highest BCUT2D eigenvalue weighted by atomic mass is 79.9. The van der Waals surface area contributed by atoms with Gasteiger partial charge in [0.15, 0.2) is 0 Å². The van der Waals surface area contributed by atoms with Crippen LogP contribution in [0.3, 0.4) is 0 Å². The van der Waals surface area contributed by atoms with Crippen LogP contribution < -0.4 is 0 Å². The van der Waals surface area contributed by atoms with Crippen LogP contribution in [0.2, 0.25) is 0 Å². The number of rotatable bonds is 7. The smallest absolute Gasteiger partial charge is 0.264 e. The van der Waals surface area contributed by atoms with E-state index in [1.807, 2.05) is 0 Å². The van der Waals surface area contributed by atoms with Crippen molar-refractivity contribution in [2.45, 2.75) is 9.79 Å². The Morgan fingerprint density at radius 1 is 0.708 bits per heavy atom. The molecule has 2 aromatic rings. The van der Waals surface area contributed by atoms with Gasteiger partial charge in [-0.05, 0) is 36.4 Å². The number of hydrogen-bond donors (Lipinski definition) is 0. The molecule has 0 saturated carbocycles. The van der Waals surface area contributed by atoms with Crippen LogP contribution in [0.15, 0.2) is 67.3 Å². The van der Waals surface area contributed by atoms with Gasteiger partial charge in [0.2, 0.25) is 0 Å². The maximum absolute atomic E-state index is 12.0. The van der Waals surface area contributed by atoms with Crippen LogP contribution in [0.1, 0.15) is 0 Å². The van der Waals surface area contributed by atoms with Crippen LogP contribution in [-0.4, -0.2) is 30.0 Å². The monoisotopic (exact) mass is 498 g/mol. The third-order valence-electron chi connectivity index (χ3n) is 2.73. The zero-order chi connectivity index (χ0) is 17.8. The minimum absolute atomic E-state index is 0.0354. The molecule has 130 valence electrons. The fourth-order valence-electron chi connectivity index (χ4n) is 1.67. The molecule has 0 aliphatic heterocycles. The molecule has 0 amide bonds. The van der Waals surface area contributed by atoms with Crippen LogP contribution in [-0.2, 0) is 28.6 Å². The van der Waals surface area contributed by atoms with Crippen molar-refractivity contribution in [2.24, 2.45) is 0 Å². The van der Waals surface area contributed by atoms with Crippen molar-refractivity contribution < 1.29 is 25.2 Å². The highest BCUT2D eigenvalue weighted by Gasteiger charge is 2.18. The Hall–Kier alpha value is -0.780. The summed E-state index contributed by atoms with van der Waals surface area (Å²) in [6.07, 6.45) is 0. The Bertz CT molecular complexity index is 848. The van der Waals surface area contributed by atoms with Crippen LogP contribution in [0, 0.1) is 0 Å². The molecule has 0 unspecified atom stereocenters. The van der Waals surface area contributed by atoms with E-state index in [0.29, 0.717) is 8.95 Å². The zero-order valence-corrected chi connectivity index (χ0v) is 16.9. The summed E-state index contributed by atoms with van der Waals surface area (Å²) >= 11 is 6.33. The normalized spacial score (nSPS) is 12.2. The molecule has 0 radical (unpaired) electrons. The number of halogens is 2. The third-order valence-corrected chi connectivity index (χ3v) is 6.33. The summed E-state index contributed by atoms with van der Waals surface area (Å²) in [5.74, 6) is 0. The largest absolute Gasteiger partial charge is 0.297 e. The van der Waals surface area contributed by atoms with Gasteiger partial charge < -0.3 is 0 Å². The van der Waals surface area contributed by atoms with E-state index in [-0.39, 0.29) is 9.79 Å². The van der Waals surface area contributed by atoms with Gasteiger partial charge in [-0.1, -0.05) is 44.0 Å². The SMILES string of the molecule is O=S(=O)(OCCOS(=O)(=O)c1cccc(Br)c1)c1cccc(Br)c1. The standard InChI is InChI=1S/C14H12Br2O6S2/c15-11-3-1-5-13(9-11)23(17,18)21-7-8-22-24(19,20)14-6-2-4-12(16)10-14/h1-6,9-10H,7-8H2. The quantitative estimate of drug-likeness (QED) is 0.429. The highest BCUT2D eigenvalue weighted by Crippen LogP contribution is 2.19. The first kappa shape index (κ1) is 19.5. The Morgan fingerprint density at radius 3 is 1.42 bits per heavy atom. The number of benzene rings is 2. The molecule has 0 spiro atoms. The molecule has 0 N–H and O–H groups in total. The summed E-state index contributed by atoms with van der Waals surface area (Å²) in [5, 5.41) is 0. The molecule has 0 aliphatic rings. The van der Waals surface area contributed by atoms with E-state index in [1.165, 1.54) is 24.3 Å². The zero-order valence-electron chi connectivity index (χ0n) is 12.1. The lowest BCUT2D eigenvalue weighted by atomic mass is 10.4. The second-order valence-corrected chi connectivity index (χ2v) is 9.53. The van der Waals surface area contributed by atoms with Gasteiger partial charge in [-0.15, -0.1) is 0 Å². The Morgan fingerprint density at radius 2 is 1.08 bits per heavy atom. The van der Waals surface area contributed by atoms with Crippen molar-refractivity contribution >= 4 is 52.1 Å². The van der Waals surface area contributed by atoms with Gasteiger partial charge in [0.25, 0.3) is 20.2 Å². The van der Waals surface area contributed by atoms with E-state index in [9.17, 15) is 16.8 Å². The number of hydrogen-bond acceptors (Lipinski definition) is 6. The fourth-order valence-corrected chi connectivity index (χ4v) is 4.65. The van der Waals surface area contributed by atoms with E-state index < -0.39 is 33.5 Å². The van der Waals surface area contributed by atoms with Gasteiger partial charge >= 0.3 is 0 Å².